The summed E-state index contributed by atoms with van der Waals surface area (Å²) in [6, 6.07) is 14.1. The number of nitrogens with one attached hydrogen (secondary N) is 1. The molecule has 0 spiro atoms. The summed E-state index contributed by atoms with van der Waals surface area (Å²) in [4.78, 5) is 21.7. The number of carbonyl (C=O) groups excluding carboxylic acids is 1. The summed E-state index contributed by atoms with van der Waals surface area (Å²) >= 11 is 1.48. The lowest BCUT2D eigenvalue weighted by atomic mass is 10.2. The third-order valence-corrected chi connectivity index (χ3v) is 9.39. The van der Waals surface area contributed by atoms with Crippen LogP contribution >= 0.6 is 11.3 Å². The summed E-state index contributed by atoms with van der Waals surface area (Å²) in [5.41, 5.74) is 1.13. The molecule has 204 valence electrons. The lowest BCUT2D eigenvalue weighted by Crippen LogP contribution is -2.48. The number of thiazole rings is 1. The van der Waals surface area contributed by atoms with Gasteiger partial charge in [-0.15, -0.1) is 0 Å². The number of halogens is 1. The van der Waals surface area contributed by atoms with Gasteiger partial charge in [0, 0.05) is 70.8 Å². The molecule has 0 radical (unpaired) electrons. The standard InChI is InChI=1S/C26H28FN7O3S2/c27-21-5-8-23-24(19-21)38-26(31-23)33-17-15-32(16-18-33)14-11-30-25(35)20-3-6-22(7-4-20)39(36,37)34(12-1-9-28)13-2-10-29/h3-8,19H,1-2,11-18H2,(H,30,35). The number of rotatable bonds is 11. The molecule has 2 aromatic carbocycles. The Morgan fingerprint density at radius 1 is 1.05 bits per heavy atom. The third kappa shape index (κ3) is 7.07. The zero-order chi connectivity index (χ0) is 27.8. The molecule has 39 heavy (non-hydrogen) atoms. The molecule has 1 amide bonds. The number of hydrogen-bond acceptors (Lipinski definition) is 9. The van der Waals surface area contributed by atoms with E-state index in [1.807, 2.05) is 12.1 Å². The average Bonchev–Trinajstić information content (AvgIpc) is 3.36. The highest BCUT2D eigenvalue weighted by molar-refractivity contribution is 7.89. The van der Waals surface area contributed by atoms with Crippen LogP contribution in [0.25, 0.3) is 10.2 Å². The number of nitriles is 2. The van der Waals surface area contributed by atoms with Crippen LogP contribution in [0.15, 0.2) is 47.4 Å². The largest absolute Gasteiger partial charge is 0.351 e. The van der Waals surface area contributed by atoms with E-state index in [-0.39, 0.29) is 42.6 Å². The highest BCUT2D eigenvalue weighted by Gasteiger charge is 2.24. The van der Waals surface area contributed by atoms with E-state index in [1.165, 1.54) is 47.7 Å². The maximum absolute atomic E-state index is 13.5. The van der Waals surface area contributed by atoms with Gasteiger partial charge in [-0.1, -0.05) is 11.3 Å². The second kappa shape index (κ2) is 13.0. The lowest BCUT2D eigenvalue weighted by Gasteiger charge is -2.34. The van der Waals surface area contributed by atoms with E-state index < -0.39 is 10.0 Å². The van der Waals surface area contributed by atoms with Gasteiger partial charge in [0.05, 0.1) is 27.3 Å². The van der Waals surface area contributed by atoms with Gasteiger partial charge < -0.3 is 10.2 Å². The number of hydrogen-bond donors (Lipinski definition) is 1. The predicted octanol–water partition coefficient (Wildman–Crippen LogP) is 2.81. The molecule has 0 atom stereocenters. The van der Waals surface area contributed by atoms with Gasteiger partial charge in [-0.25, -0.2) is 17.8 Å². The summed E-state index contributed by atoms with van der Waals surface area (Å²) in [5.74, 6) is -0.568. The number of amides is 1. The van der Waals surface area contributed by atoms with E-state index in [4.69, 9.17) is 10.5 Å². The zero-order valence-electron chi connectivity index (χ0n) is 21.2. The molecule has 1 aliphatic heterocycles. The summed E-state index contributed by atoms with van der Waals surface area (Å²) in [5, 5.41) is 21.4. The fourth-order valence-electron chi connectivity index (χ4n) is 4.24. The fourth-order valence-corrected chi connectivity index (χ4v) is 6.73. The fraction of sp³-hybridized carbons (Fsp3) is 0.385. The Bertz CT molecular complexity index is 1470. The molecule has 1 aromatic heterocycles. The molecule has 0 unspecified atom stereocenters. The van der Waals surface area contributed by atoms with Crippen molar-refractivity contribution in [3.8, 4) is 12.1 Å². The van der Waals surface area contributed by atoms with E-state index in [0.717, 1.165) is 45.8 Å². The van der Waals surface area contributed by atoms with Crippen molar-refractivity contribution < 1.29 is 17.6 Å². The summed E-state index contributed by atoms with van der Waals surface area (Å²) < 4.78 is 41.3. The Morgan fingerprint density at radius 3 is 2.36 bits per heavy atom. The Labute approximate surface area is 230 Å². The minimum atomic E-state index is -3.89. The second-order valence-electron chi connectivity index (χ2n) is 8.94. The van der Waals surface area contributed by atoms with E-state index >= 15 is 0 Å². The molecule has 3 aromatic rings. The average molecular weight is 570 g/mol. The van der Waals surface area contributed by atoms with Crippen LogP contribution in [0, 0.1) is 28.5 Å². The first-order chi connectivity index (χ1) is 18.8. The summed E-state index contributed by atoms with van der Waals surface area (Å²) in [6.45, 7) is 4.29. The molecule has 10 nitrogen and oxygen atoms in total. The zero-order valence-corrected chi connectivity index (χ0v) is 22.8. The van der Waals surface area contributed by atoms with Crippen molar-refractivity contribution in [2.24, 2.45) is 0 Å². The summed E-state index contributed by atoms with van der Waals surface area (Å²) in [7, 11) is -3.89. The van der Waals surface area contributed by atoms with Crippen LogP contribution in [-0.4, -0.2) is 80.9 Å². The first-order valence-corrected chi connectivity index (χ1v) is 14.7. The topological polar surface area (TPSA) is 133 Å². The maximum atomic E-state index is 13.5. The molecule has 2 heterocycles. The predicted molar refractivity (Wildman–Crippen MR) is 146 cm³/mol. The van der Waals surface area contributed by atoms with Gasteiger partial charge in [-0.3, -0.25) is 9.69 Å². The van der Waals surface area contributed by atoms with Crippen molar-refractivity contribution in [3.63, 3.8) is 0 Å². The Kier molecular flexibility index (Phi) is 9.43. The highest BCUT2D eigenvalue weighted by atomic mass is 32.2. The second-order valence-corrected chi connectivity index (χ2v) is 11.9. The number of aromatic nitrogens is 1. The molecular weight excluding hydrogens is 541 g/mol. The van der Waals surface area contributed by atoms with E-state index in [2.05, 4.69) is 20.1 Å². The number of nitrogens with zero attached hydrogens (tertiary/aromatic N) is 6. The molecule has 1 N–H and O–H groups in total. The van der Waals surface area contributed by atoms with Crippen LogP contribution in [0.5, 0.6) is 0 Å². The first-order valence-electron chi connectivity index (χ1n) is 12.5. The van der Waals surface area contributed by atoms with Gasteiger partial charge in [0.15, 0.2) is 5.13 Å². The normalized spacial score (nSPS) is 14.3. The first kappa shape index (κ1) is 28.4. The van der Waals surface area contributed by atoms with Gasteiger partial charge in [-0.2, -0.15) is 14.8 Å². The molecule has 0 bridgehead atoms. The molecule has 1 saturated heterocycles. The Morgan fingerprint density at radius 2 is 1.72 bits per heavy atom. The summed E-state index contributed by atoms with van der Waals surface area (Å²) in [6.07, 6.45) is 0.0345. The molecule has 0 aliphatic carbocycles. The van der Waals surface area contributed by atoms with Crippen molar-refractivity contribution in [3.05, 3.63) is 53.8 Å². The van der Waals surface area contributed by atoms with E-state index in [1.54, 1.807) is 6.07 Å². The van der Waals surface area contributed by atoms with Crippen molar-refractivity contribution in [2.45, 2.75) is 17.7 Å². The molecular formula is C26H28FN7O3S2. The Hall–Kier alpha value is -3.62. The van der Waals surface area contributed by atoms with Crippen LogP contribution < -0.4 is 10.2 Å². The van der Waals surface area contributed by atoms with Crippen molar-refractivity contribution in [1.29, 1.82) is 10.5 Å². The number of piperazine rings is 1. The molecule has 13 heteroatoms. The number of fused-ring (bicyclic) bond motifs is 1. The molecule has 1 aliphatic rings. The quantitative estimate of drug-likeness (QED) is 0.373. The van der Waals surface area contributed by atoms with Gasteiger partial charge in [0.1, 0.15) is 5.82 Å². The maximum Gasteiger partial charge on any atom is 0.251 e. The third-order valence-electron chi connectivity index (χ3n) is 6.40. The van der Waals surface area contributed by atoms with Gasteiger partial charge >= 0.3 is 0 Å². The number of anilines is 1. The molecule has 4 rings (SSSR count). The molecule has 0 saturated carbocycles. The van der Waals surface area contributed by atoms with Gasteiger partial charge in [-0.05, 0) is 42.5 Å². The lowest BCUT2D eigenvalue weighted by molar-refractivity contribution is 0.0947. The minimum absolute atomic E-state index is 0.00239. The SMILES string of the molecule is N#CCCN(CCC#N)S(=O)(=O)c1ccc(C(=O)NCCN2CCN(c3nc4ccc(F)cc4s3)CC2)cc1. The number of sulfonamides is 1. The van der Waals surface area contributed by atoms with Gasteiger partial charge in [0.2, 0.25) is 10.0 Å². The van der Waals surface area contributed by atoms with Gasteiger partial charge in [0.25, 0.3) is 5.91 Å². The van der Waals surface area contributed by atoms with Crippen LogP contribution in [0.2, 0.25) is 0 Å². The van der Waals surface area contributed by atoms with Crippen molar-refractivity contribution in [1.82, 2.24) is 19.5 Å². The highest BCUT2D eigenvalue weighted by Crippen LogP contribution is 2.29. The molecule has 1 fully saturated rings. The smallest absolute Gasteiger partial charge is 0.251 e. The monoisotopic (exact) mass is 569 g/mol. The number of benzene rings is 2. The van der Waals surface area contributed by atoms with Crippen LogP contribution in [0.4, 0.5) is 9.52 Å². The van der Waals surface area contributed by atoms with Crippen molar-refractivity contribution >= 4 is 42.6 Å². The minimum Gasteiger partial charge on any atom is -0.351 e. The van der Waals surface area contributed by atoms with Crippen LogP contribution in [0.1, 0.15) is 23.2 Å². The van der Waals surface area contributed by atoms with E-state index in [0.29, 0.717) is 18.7 Å². The van der Waals surface area contributed by atoms with Crippen LogP contribution in [0.3, 0.4) is 0 Å². The van der Waals surface area contributed by atoms with Crippen molar-refractivity contribution in [2.75, 3.05) is 57.3 Å². The Balaban J connectivity index is 1.25. The number of carbonyl (C=O) groups is 1. The van der Waals surface area contributed by atoms with Crippen LogP contribution in [-0.2, 0) is 10.0 Å². The van der Waals surface area contributed by atoms with E-state index in [9.17, 15) is 17.6 Å².